The first-order chi connectivity index (χ1) is 12.1. The number of benzene rings is 2. The Labute approximate surface area is 156 Å². The Morgan fingerprint density at radius 3 is 2.44 bits per heavy atom. The number of aromatic nitrogens is 3. The predicted molar refractivity (Wildman–Crippen MR) is 102 cm³/mol. The van der Waals surface area contributed by atoms with Crippen LogP contribution in [0.15, 0.2) is 53.7 Å². The van der Waals surface area contributed by atoms with Gasteiger partial charge in [0.05, 0.1) is 6.07 Å². The Bertz CT molecular complexity index is 895. The van der Waals surface area contributed by atoms with Crippen molar-refractivity contribution < 1.29 is 0 Å². The summed E-state index contributed by atoms with van der Waals surface area (Å²) in [7, 11) is 1.91. The van der Waals surface area contributed by atoms with Crippen LogP contribution in [0.25, 0.3) is 11.4 Å². The molecular formula is C19H17ClN4S. The van der Waals surface area contributed by atoms with Crippen LogP contribution >= 0.6 is 23.4 Å². The SMILES string of the molecule is Cc1ccc(C[C@@H](C#N)Sc2nnc(-c3ccc(Cl)cc3)n2C)cc1. The van der Waals surface area contributed by atoms with Crippen molar-refractivity contribution in [2.24, 2.45) is 7.05 Å². The largest absolute Gasteiger partial charge is 0.305 e. The van der Waals surface area contributed by atoms with E-state index in [1.807, 2.05) is 35.9 Å². The van der Waals surface area contributed by atoms with E-state index in [1.54, 1.807) is 0 Å². The first-order valence-electron chi connectivity index (χ1n) is 7.84. The fourth-order valence-corrected chi connectivity index (χ4v) is 3.49. The highest BCUT2D eigenvalue weighted by molar-refractivity contribution is 8.00. The molecule has 0 unspecified atom stereocenters. The average Bonchev–Trinajstić information content (AvgIpc) is 2.97. The van der Waals surface area contributed by atoms with E-state index in [-0.39, 0.29) is 5.25 Å². The molecule has 0 saturated carbocycles. The lowest BCUT2D eigenvalue weighted by atomic mass is 10.1. The van der Waals surface area contributed by atoms with Crippen LogP contribution in [0.5, 0.6) is 0 Å². The summed E-state index contributed by atoms with van der Waals surface area (Å²) in [5.41, 5.74) is 3.30. The molecule has 1 atom stereocenters. The zero-order chi connectivity index (χ0) is 17.8. The maximum atomic E-state index is 9.51. The van der Waals surface area contributed by atoms with E-state index in [0.29, 0.717) is 11.4 Å². The van der Waals surface area contributed by atoms with Gasteiger partial charge in [-0.25, -0.2) is 0 Å². The van der Waals surface area contributed by atoms with Crippen LogP contribution in [0, 0.1) is 18.3 Å². The van der Waals surface area contributed by atoms with Crippen LogP contribution in [-0.2, 0) is 13.5 Å². The van der Waals surface area contributed by atoms with E-state index in [9.17, 15) is 5.26 Å². The highest BCUT2D eigenvalue weighted by Gasteiger charge is 2.17. The average molecular weight is 369 g/mol. The molecule has 0 radical (unpaired) electrons. The van der Waals surface area contributed by atoms with E-state index < -0.39 is 0 Å². The van der Waals surface area contributed by atoms with E-state index in [4.69, 9.17) is 11.6 Å². The summed E-state index contributed by atoms with van der Waals surface area (Å²) in [6.45, 7) is 2.05. The fraction of sp³-hybridized carbons (Fsp3) is 0.211. The van der Waals surface area contributed by atoms with Crippen LogP contribution < -0.4 is 0 Å². The third-order valence-corrected chi connectivity index (χ3v) is 5.25. The van der Waals surface area contributed by atoms with Gasteiger partial charge in [-0.3, -0.25) is 0 Å². The summed E-state index contributed by atoms with van der Waals surface area (Å²) in [5, 5.41) is 19.2. The monoisotopic (exact) mass is 368 g/mol. The minimum Gasteiger partial charge on any atom is -0.305 e. The molecule has 0 aliphatic carbocycles. The molecule has 1 heterocycles. The number of halogens is 1. The normalized spacial score (nSPS) is 11.9. The number of hydrogen-bond acceptors (Lipinski definition) is 4. The van der Waals surface area contributed by atoms with Crippen LogP contribution in [0.4, 0.5) is 0 Å². The van der Waals surface area contributed by atoms with Crippen LogP contribution in [0.1, 0.15) is 11.1 Å². The number of nitriles is 1. The Hall–Kier alpha value is -2.29. The molecule has 6 heteroatoms. The van der Waals surface area contributed by atoms with Gasteiger partial charge in [-0.05, 0) is 43.2 Å². The Morgan fingerprint density at radius 1 is 1.12 bits per heavy atom. The van der Waals surface area contributed by atoms with Crippen molar-refractivity contribution in [1.82, 2.24) is 14.8 Å². The molecule has 1 aromatic heterocycles. The Morgan fingerprint density at radius 2 is 1.80 bits per heavy atom. The quantitative estimate of drug-likeness (QED) is 0.614. The van der Waals surface area contributed by atoms with Crippen LogP contribution in [0.2, 0.25) is 5.02 Å². The molecule has 0 bridgehead atoms. The molecule has 0 amide bonds. The number of thioether (sulfide) groups is 1. The highest BCUT2D eigenvalue weighted by atomic mass is 35.5. The van der Waals surface area contributed by atoms with Gasteiger partial charge in [-0.15, -0.1) is 10.2 Å². The van der Waals surface area contributed by atoms with E-state index in [0.717, 1.165) is 22.1 Å². The lowest BCUT2D eigenvalue weighted by Crippen LogP contribution is -2.06. The maximum absolute atomic E-state index is 9.51. The van der Waals surface area contributed by atoms with E-state index in [1.165, 1.54) is 17.3 Å². The van der Waals surface area contributed by atoms with Gasteiger partial charge in [0.15, 0.2) is 11.0 Å². The van der Waals surface area contributed by atoms with E-state index in [2.05, 4.69) is 47.5 Å². The minimum absolute atomic E-state index is 0.219. The summed E-state index contributed by atoms with van der Waals surface area (Å²) in [5.74, 6) is 0.756. The molecular weight excluding hydrogens is 352 g/mol. The lowest BCUT2D eigenvalue weighted by molar-refractivity contribution is 0.790. The summed E-state index contributed by atoms with van der Waals surface area (Å²) in [4.78, 5) is 0. The fourth-order valence-electron chi connectivity index (χ4n) is 2.45. The Kier molecular flexibility index (Phi) is 5.42. The van der Waals surface area contributed by atoms with Gasteiger partial charge in [0.2, 0.25) is 0 Å². The van der Waals surface area contributed by atoms with Gasteiger partial charge in [-0.2, -0.15) is 5.26 Å². The van der Waals surface area contributed by atoms with Crippen molar-refractivity contribution in [1.29, 1.82) is 5.26 Å². The Balaban J connectivity index is 1.76. The van der Waals surface area contributed by atoms with Gasteiger partial charge in [0, 0.05) is 17.6 Å². The zero-order valence-electron chi connectivity index (χ0n) is 14.0. The molecule has 0 aliphatic heterocycles. The van der Waals surface area contributed by atoms with Crippen molar-refractivity contribution >= 4 is 23.4 Å². The standard InChI is InChI=1S/C19H17ClN4S/c1-13-3-5-14(6-4-13)11-17(12-21)25-19-23-22-18(24(19)2)15-7-9-16(20)10-8-15/h3-10,17H,11H2,1-2H3/t17-/m0/s1. The minimum atomic E-state index is -0.219. The van der Waals surface area contributed by atoms with Gasteiger partial charge < -0.3 is 4.57 Å². The second kappa shape index (κ2) is 7.73. The molecule has 0 spiro atoms. The molecule has 0 aliphatic rings. The first-order valence-corrected chi connectivity index (χ1v) is 9.09. The summed E-state index contributed by atoms with van der Waals surface area (Å²) >= 11 is 7.37. The van der Waals surface area contributed by atoms with Crippen LogP contribution in [0.3, 0.4) is 0 Å². The summed E-state index contributed by atoms with van der Waals surface area (Å²) < 4.78 is 1.91. The number of hydrogen-bond donors (Lipinski definition) is 0. The topological polar surface area (TPSA) is 54.5 Å². The van der Waals surface area contributed by atoms with Gasteiger partial charge >= 0.3 is 0 Å². The third-order valence-electron chi connectivity index (χ3n) is 3.87. The number of rotatable bonds is 5. The van der Waals surface area contributed by atoms with Gasteiger partial charge in [0.1, 0.15) is 5.25 Å². The summed E-state index contributed by atoms with van der Waals surface area (Å²) in [6.07, 6.45) is 0.671. The van der Waals surface area contributed by atoms with Crippen molar-refractivity contribution in [2.75, 3.05) is 0 Å². The molecule has 2 aromatic carbocycles. The molecule has 3 rings (SSSR count). The molecule has 126 valence electrons. The number of aryl methyl sites for hydroxylation is 1. The highest BCUT2D eigenvalue weighted by Crippen LogP contribution is 2.27. The van der Waals surface area contributed by atoms with Crippen molar-refractivity contribution in [3.05, 3.63) is 64.7 Å². The molecule has 3 aromatic rings. The molecule has 0 saturated heterocycles. The lowest BCUT2D eigenvalue weighted by Gasteiger charge is -2.09. The second-order valence-corrected chi connectivity index (χ2v) is 7.40. The molecule has 0 N–H and O–H groups in total. The summed E-state index contributed by atoms with van der Waals surface area (Å²) in [6, 6.07) is 18.1. The third kappa shape index (κ3) is 4.22. The van der Waals surface area contributed by atoms with Gasteiger partial charge in [0.25, 0.3) is 0 Å². The van der Waals surface area contributed by atoms with Crippen LogP contribution in [-0.4, -0.2) is 20.0 Å². The van der Waals surface area contributed by atoms with E-state index >= 15 is 0 Å². The zero-order valence-corrected chi connectivity index (χ0v) is 15.6. The van der Waals surface area contributed by atoms with Crippen molar-refractivity contribution in [2.45, 2.75) is 23.8 Å². The van der Waals surface area contributed by atoms with Gasteiger partial charge in [-0.1, -0.05) is 53.2 Å². The second-order valence-electron chi connectivity index (χ2n) is 5.80. The maximum Gasteiger partial charge on any atom is 0.192 e. The molecule has 0 fully saturated rings. The molecule has 4 nitrogen and oxygen atoms in total. The first kappa shape index (κ1) is 17.5. The smallest absolute Gasteiger partial charge is 0.192 e. The van der Waals surface area contributed by atoms with Crippen molar-refractivity contribution in [3.8, 4) is 17.5 Å². The number of nitrogens with zero attached hydrogens (tertiary/aromatic N) is 4. The molecule has 25 heavy (non-hydrogen) atoms. The predicted octanol–water partition coefficient (Wildman–Crippen LogP) is 4.67. The van der Waals surface area contributed by atoms with Crippen molar-refractivity contribution in [3.63, 3.8) is 0 Å².